The van der Waals surface area contributed by atoms with Crippen molar-refractivity contribution in [1.82, 2.24) is 14.9 Å². The Kier molecular flexibility index (Phi) is 9.52. The normalized spacial score (nSPS) is 12.2. The van der Waals surface area contributed by atoms with E-state index in [2.05, 4.69) is 34.0 Å². The molecule has 1 aliphatic rings. The fraction of sp³-hybridized carbons (Fsp3) is 0.100. The van der Waals surface area contributed by atoms with Crippen LogP contribution in [-0.4, -0.2) is 39.7 Å². The minimum atomic E-state index is -5.19. The smallest absolute Gasteiger partial charge is 0.430 e. The monoisotopic (exact) mass is 643 g/mol. The van der Waals surface area contributed by atoms with Crippen molar-refractivity contribution in [1.29, 1.82) is 0 Å². The Bertz CT molecular complexity index is 1920. The largest absolute Gasteiger partial charge is 0.542 e. The lowest BCUT2D eigenvalue weighted by atomic mass is 10.0. The molecule has 0 aliphatic carbocycles. The number of halogens is 6. The quantitative estimate of drug-likeness (QED) is 0.175. The van der Waals surface area contributed by atoms with Gasteiger partial charge in [-0.2, -0.15) is 26.3 Å². The van der Waals surface area contributed by atoms with Crippen molar-refractivity contribution >= 4 is 45.5 Å². The molecule has 0 spiro atoms. The van der Waals surface area contributed by atoms with Crippen LogP contribution < -0.4 is 25.2 Å². The van der Waals surface area contributed by atoms with E-state index in [9.17, 15) is 31.1 Å². The second-order valence-corrected chi connectivity index (χ2v) is 9.24. The number of nitrogens with one attached hydrogen (secondary N) is 2. The van der Waals surface area contributed by atoms with Crippen molar-refractivity contribution in [2.45, 2.75) is 18.9 Å². The van der Waals surface area contributed by atoms with Gasteiger partial charge in [0.1, 0.15) is 11.9 Å². The van der Waals surface area contributed by atoms with E-state index in [4.69, 9.17) is 19.8 Å². The summed E-state index contributed by atoms with van der Waals surface area (Å²) in [6.45, 7) is 0.708. The van der Waals surface area contributed by atoms with Crippen molar-refractivity contribution in [2.24, 2.45) is 0 Å². The van der Waals surface area contributed by atoms with Gasteiger partial charge < -0.3 is 25.1 Å². The number of carboxylic acid groups (broad SMARTS) is 2. The Balaban J connectivity index is 0.000000289. The standard InChI is InChI=1S/C26H18N5O.2C2HF3O2/c32-26(29-22-9-5-7-18-14-27-12-11-20(18)22)25-23-10-3-4-13-30(23)17-31(25)24-16-28-15-19-6-1-2-8-21(19)24;2*3-2(4,5)1(6)7/h1-14,17,28H,15H2;2*(H,6,7)/q+1;;/p-1. The van der Waals surface area contributed by atoms with Crippen LogP contribution in [-0.2, 0) is 16.1 Å². The van der Waals surface area contributed by atoms with Gasteiger partial charge >= 0.3 is 24.0 Å². The first kappa shape index (κ1) is 32.9. The van der Waals surface area contributed by atoms with Crippen LogP contribution in [0.3, 0.4) is 0 Å². The Morgan fingerprint density at radius 1 is 0.891 bits per heavy atom. The fourth-order valence-corrected chi connectivity index (χ4v) is 4.26. The first-order chi connectivity index (χ1) is 21.7. The van der Waals surface area contributed by atoms with E-state index in [-0.39, 0.29) is 5.91 Å². The molecular weight excluding hydrogens is 624 g/mol. The zero-order valence-corrected chi connectivity index (χ0v) is 23.0. The number of rotatable bonds is 3. The second-order valence-electron chi connectivity index (χ2n) is 9.24. The molecule has 3 aromatic heterocycles. The number of carbonyl (C=O) groups excluding carboxylic acids is 3. The molecule has 0 atom stereocenters. The number of aliphatic carboxylic acids is 2. The molecule has 46 heavy (non-hydrogen) atoms. The SMILES string of the molecule is O=C(Nc1cccc2cnccc12)c1c2cccc[n+]2cn1C1=[C+]NCc2ccccc21.O=C([O-])C(F)(F)F.O=C([O-])C(F)(F)F. The van der Waals surface area contributed by atoms with Gasteiger partial charge in [-0.05, 0) is 36.4 Å². The molecule has 0 saturated heterocycles. The Labute approximate surface area is 254 Å². The summed E-state index contributed by atoms with van der Waals surface area (Å²) < 4.78 is 67.0. The average Bonchev–Trinajstić information content (AvgIpc) is 3.40. The molecule has 0 unspecified atom stereocenters. The Morgan fingerprint density at radius 3 is 2.22 bits per heavy atom. The molecule has 10 nitrogen and oxygen atoms in total. The summed E-state index contributed by atoms with van der Waals surface area (Å²) >= 11 is 0. The average molecular weight is 644 g/mol. The summed E-state index contributed by atoms with van der Waals surface area (Å²) in [5.74, 6) is -6.21. The van der Waals surface area contributed by atoms with Crippen molar-refractivity contribution in [3.63, 3.8) is 0 Å². The number of nitrogens with zero attached hydrogens (tertiary/aromatic N) is 3. The van der Waals surface area contributed by atoms with Crippen molar-refractivity contribution in [3.8, 4) is 0 Å². The summed E-state index contributed by atoms with van der Waals surface area (Å²) in [4.78, 5) is 35.4. The minimum absolute atomic E-state index is 0.194. The molecular formula is C30H19F6N5O5. The molecule has 0 bridgehead atoms. The highest BCUT2D eigenvalue weighted by Gasteiger charge is 2.36. The van der Waals surface area contributed by atoms with Gasteiger partial charge in [-0.1, -0.05) is 24.3 Å². The number of hydrogen-bond acceptors (Lipinski definition) is 7. The van der Waals surface area contributed by atoms with Gasteiger partial charge in [0, 0.05) is 34.9 Å². The number of aromatic nitrogens is 3. The summed E-state index contributed by atoms with van der Waals surface area (Å²) in [5, 5.41) is 25.8. The topological polar surface area (TPSA) is 143 Å². The predicted molar refractivity (Wildman–Crippen MR) is 145 cm³/mol. The third-order valence-electron chi connectivity index (χ3n) is 6.22. The molecule has 2 aromatic carbocycles. The van der Waals surface area contributed by atoms with E-state index in [1.165, 1.54) is 0 Å². The molecule has 1 aliphatic heterocycles. The van der Waals surface area contributed by atoms with E-state index in [0.29, 0.717) is 12.2 Å². The lowest BCUT2D eigenvalue weighted by molar-refractivity contribution is -0.511. The van der Waals surface area contributed by atoms with Gasteiger partial charge in [-0.3, -0.25) is 15.1 Å². The number of pyridine rings is 2. The zero-order chi connectivity index (χ0) is 33.6. The van der Waals surface area contributed by atoms with Crippen LogP contribution in [0.5, 0.6) is 0 Å². The molecule has 1 amide bonds. The van der Waals surface area contributed by atoms with Crippen LogP contribution in [0.2, 0.25) is 0 Å². The molecule has 6 rings (SSSR count). The minimum Gasteiger partial charge on any atom is -0.542 e. The van der Waals surface area contributed by atoms with Gasteiger partial charge in [0.15, 0.2) is 11.1 Å². The van der Waals surface area contributed by atoms with Crippen LogP contribution in [0.25, 0.3) is 22.0 Å². The summed E-state index contributed by atoms with van der Waals surface area (Å²) in [6, 6.07) is 21.7. The van der Waals surface area contributed by atoms with Gasteiger partial charge in [0.05, 0.1) is 18.3 Å². The van der Waals surface area contributed by atoms with E-state index >= 15 is 0 Å². The number of carboxylic acids is 2. The number of fused-ring (bicyclic) bond motifs is 3. The highest BCUT2D eigenvalue weighted by molar-refractivity contribution is 6.11. The molecule has 16 heteroatoms. The third-order valence-corrected chi connectivity index (χ3v) is 6.22. The van der Waals surface area contributed by atoms with Gasteiger partial charge in [-0.15, -0.1) is 4.57 Å². The lowest BCUT2D eigenvalue weighted by Gasteiger charge is -2.09. The molecule has 5 aromatic rings. The molecule has 0 radical (unpaired) electrons. The van der Waals surface area contributed by atoms with Crippen LogP contribution in [0.4, 0.5) is 32.0 Å². The predicted octanol–water partition coefficient (Wildman–Crippen LogP) is 2.38. The third kappa shape index (κ3) is 7.54. The zero-order valence-electron chi connectivity index (χ0n) is 23.0. The number of amides is 1. The highest BCUT2D eigenvalue weighted by atomic mass is 19.4. The molecule has 0 saturated carbocycles. The highest BCUT2D eigenvalue weighted by Crippen LogP contribution is 2.28. The summed E-state index contributed by atoms with van der Waals surface area (Å²) in [7, 11) is 0. The number of alkyl halides is 6. The van der Waals surface area contributed by atoms with Crippen LogP contribution in [0, 0.1) is 6.20 Å². The first-order valence-electron chi connectivity index (χ1n) is 12.8. The molecule has 2 N–H and O–H groups in total. The maximum absolute atomic E-state index is 13.7. The number of imidazole rings is 1. The van der Waals surface area contributed by atoms with E-state index in [1.807, 2.05) is 76.1 Å². The van der Waals surface area contributed by atoms with Gasteiger partial charge in [0.25, 0.3) is 6.33 Å². The van der Waals surface area contributed by atoms with Crippen LogP contribution in [0.15, 0.2) is 91.6 Å². The number of carbonyl (C=O) groups is 3. The molecule has 4 heterocycles. The van der Waals surface area contributed by atoms with Gasteiger partial charge in [0.2, 0.25) is 11.9 Å². The summed E-state index contributed by atoms with van der Waals surface area (Å²) in [5.41, 5.74) is 5.12. The number of benzene rings is 2. The van der Waals surface area contributed by atoms with Crippen LogP contribution >= 0.6 is 0 Å². The lowest BCUT2D eigenvalue weighted by Crippen LogP contribution is -2.37. The number of hydrogen-bond donors (Lipinski definition) is 2. The second kappa shape index (κ2) is 13.3. The van der Waals surface area contributed by atoms with Crippen LogP contribution in [0.1, 0.15) is 21.6 Å². The fourth-order valence-electron chi connectivity index (χ4n) is 4.26. The first-order valence-corrected chi connectivity index (χ1v) is 12.8. The van der Waals surface area contributed by atoms with E-state index in [0.717, 1.165) is 38.8 Å². The Morgan fingerprint density at radius 2 is 1.54 bits per heavy atom. The Hall–Kier alpha value is -6.02. The molecule has 236 valence electrons. The van der Waals surface area contributed by atoms with E-state index in [1.54, 1.807) is 12.4 Å². The maximum atomic E-state index is 13.7. The number of anilines is 1. The van der Waals surface area contributed by atoms with E-state index < -0.39 is 24.3 Å². The van der Waals surface area contributed by atoms with Crippen molar-refractivity contribution in [2.75, 3.05) is 5.32 Å². The summed E-state index contributed by atoms with van der Waals surface area (Å²) in [6.07, 6.45) is 0.267. The molecule has 0 fully saturated rings. The van der Waals surface area contributed by atoms with Crippen molar-refractivity contribution < 1.29 is 55.3 Å². The van der Waals surface area contributed by atoms with Gasteiger partial charge in [-0.25, -0.2) is 4.40 Å². The maximum Gasteiger partial charge on any atom is 0.430 e. The van der Waals surface area contributed by atoms with Crippen molar-refractivity contribution in [3.05, 3.63) is 115 Å².